The Bertz CT molecular complexity index is 524. The molecule has 90 valence electrons. The second-order valence-electron chi connectivity index (χ2n) is 3.88. The number of halogens is 1. The van der Waals surface area contributed by atoms with Gasteiger partial charge in [0.1, 0.15) is 17.6 Å². The maximum atomic E-state index is 13.2. The lowest BCUT2D eigenvalue weighted by atomic mass is 10.2. The number of aryl methyl sites for hydroxylation is 1. The Morgan fingerprint density at radius 3 is 2.88 bits per heavy atom. The second-order valence-corrected chi connectivity index (χ2v) is 3.88. The highest BCUT2D eigenvalue weighted by molar-refractivity contribution is 5.66. The molecule has 1 aromatic carbocycles. The van der Waals surface area contributed by atoms with Crippen LogP contribution in [-0.2, 0) is 0 Å². The minimum absolute atomic E-state index is 0.0997. The van der Waals surface area contributed by atoms with E-state index in [2.05, 4.69) is 10.3 Å². The minimum atomic E-state index is -0.439. The smallest absolute Gasteiger partial charge is 0.216 e. The van der Waals surface area contributed by atoms with Gasteiger partial charge in [0.25, 0.3) is 0 Å². The molecule has 0 radical (unpaired) electrons. The van der Waals surface area contributed by atoms with E-state index in [-0.39, 0.29) is 11.7 Å². The van der Waals surface area contributed by atoms with Crippen LogP contribution in [0.2, 0.25) is 0 Å². The van der Waals surface area contributed by atoms with Gasteiger partial charge in [-0.25, -0.2) is 9.37 Å². The number of nitrogens with zero attached hydrogens (tertiary/aromatic N) is 1. The standard InChI is InChI=1S/C12H14FN3O/c1-7-6-15-12(17-7)8(2)16-10-5-3-4-9(13)11(10)14/h3-6,8,16H,14H2,1-2H3. The lowest BCUT2D eigenvalue weighted by Crippen LogP contribution is -2.09. The van der Waals surface area contributed by atoms with Crippen molar-refractivity contribution in [2.24, 2.45) is 0 Å². The summed E-state index contributed by atoms with van der Waals surface area (Å²) in [5, 5.41) is 3.06. The third-order valence-electron chi connectivity index (χ3n) is 2.43. The molecule has 0 aliphatic rings. The number of hydrogen-bond acceptors (Lipinski definition) is 4. The van der Waals surface area contributed by atoms with Crippen molar-refractivity contribution in [1.29, 1.82) is 0 Å². The Balaban J connectivity index is 2.18. The second kappa shape index (κ2) is 4.45. The van der Waals surface area contributed by atoms with Crippen molar-refractivity contribution in [3.05, 3.63) is 41.9 Å². The molecule has 1 unspecified atom stereocenters. The summed E-state index contributed by atoms with van der Waals surface area (Å²) in [5.41, 5.74) is 6.26. The monoisotopic (exact) mass is 235 g/mol. The molecule has 2 aromatic rings. The third kappa shape index (κ3) is 2.38. The zero-order chi connectivity index (χ0) is 12.4. The number of aromatic nitrogens is 1. The van der Waals surface area contributed by atoms with Crippen molar-refractivity contribution in [2.45, 2.75) is 19.9 Å². The maximum absolute atomic E-state index is 13.2. The Hall–Kier alpha value is -2.04. The van der Waals surface area contributed by atoms with Gasteiger partial charge in [-0.2, -0.15) is 0 Å². The van der Waals surface area contributed by atoms with Gasteiger partial charge < -0.3 is 15.5 Å². The normalized spacial score (nSPS) is 12.4. The van der Waals surface area contributed by atoms with Gasteiger partial charge in [0, 0.05) is 0 Å². The van der Waals surface area contributed by atoms with Crippen molar-refractivity contribution >= 4 is 11.4 Å². The number of para-hydroxylation sites is 1. The summed E-state index contributed by atoms with van der Waals surface area (Å²) >= 11 is 0. The zero-order valence-electron chi connectivity index (χ0n) is 9.70. The van der Waals surface area contributed by atoms with Gasteiger partial charge in [-0.15, -0.1) is 0 Å². The number of anilines is 2. The quantitative estimate of drug-likeness (QED) is 0.803. The lowest BCUT2D eigenvalue weighted by molar-refractivity contribution is 0.453. The Morgan fingerprint density at radius 2 is 2.24 bits per heavy atom. The molecular formula is C12H14FN3O. The molecule has 2 rings (SSSR count). The molecule has 1 heterocycles. The summed E-state index contributed by atoms with van der Waals surface area (Å²) < 4.78 is 18.6. The summed E-state index contributed by atoms with van der Waals surface area (Å²) in [7, 11) is 0. The summed E-state index contributed by atoms with van der Waals surface area (Å²) in [4.78, 5) is 4.10. The number of hydrogen-bond donors (Lipinski definition) is 2. The van der Waals surface area contributed by atoms with E-state index < -0.39 is 5.82 Å². The SMILES string of the molecule is Cc1cnc(C(C)Nc2cccc(F)c2N)o1. The number of nitrogens with one attached hydrogen (secondary N) is 1. The van der Waals surface area contributed by atoms with E-state index >= 15 is 0 Å². The maximum Gasteiger partial charge on any atom is 0.216 e. The van der Waals surface area contributed by atoms with E-state index in [1.54, 1.807) is 18.3 Å². The molecule has 0 fully saturated rings. The summed E-state index contributed by atoms with van der Waals surface area (Å²) in [6.07, 6.45) is 1.64. The van der Waals surface area contributed by atoms with Crippen LogP contribution in [0.3, 0.4) is 0 Å². The molecule has 1 aromatic heterocycles. The van der Waals surface area contributed by atoms with Crippen LogP contribution in [0.25, 0.3) is 0 Å². The highest BCUT2D eigenvalue weighted by Gasteiger charge is 2.13. The van der Waals surface area contributed by atoms with Gasteiger partial charge in [-0.3, -0.25) is 0 Å². The first-order valence-corrected chi connectivity index (χ1v) is 5.31. The molecule has 0 saturated carbocycles. The first kappa shape index (κ1) is 11.4. The Labute approximate surface area is 98.7 Å². The van der Waals surface area contributed by atoms with Gasteiger partial charge in [-0.05, 0) is 26.0 Å². The average Bonchev–Trinajstić information content (AvgIpc) is 2.72. The summed E-state index contributed by atoms with van der Waals surface area (Å²) in [5.74, 6) is 0.845. The van der Waals surface area contributed by atoms with Gasteiger partial charge in [0.05, 0.1) is 17.6 Å². The zero-order valence-corrected chi connectivity index (χ0v) is 9.70. The summed E-state index contributed by atoms with van der Waals surface area (Å²) in [6.45, 7) is 3.69. The number of oxazole rings is 1. The fourth-order valence-corrected chi connectivity index (χ4v) is 1.53. The fourth-order valence-electron chi connectivity index (χ4n) is 1.53. The molecule has 1 atom stereocenters. The van der Waals surface area contributed by atoms with Crippen molar-refractivity contribution in [3.63, 3.8) is 0 Å². The number of nitrogen functional groups attached to an aromatic ring is 1. The van der Waals surface area contributed by atoms with Crippen LogP contribution in [0.1, 0.15) is 24.6 Å². The first-order valence-electron chi connectivity index (χ1n) is 5.31. The van der Waals surface area contributed by atoms with E-state index in [1.165, 1.54) is 6.07 Å². The highest BCUT2D eigenvalue weighted by atomic mass is 19.1. The molecule has 4 nitrogen and oxygen atoms in total. The van der Waals surface area contributed by atoms with Crippen molar-refractivity contribution in [3.8, 4) is 0 Å². The fraction of sp³-hybridized carbons (Fsp3) is 0.250. The predicted octanol–water partition coefficient (Wildman–Crippen LogP) is 2.88. The van der Waals surface area contributed by atoms with Crippen LogP contribution in [0.4, 0.5) is 15.8 Å². The van der Waals surface area contributed by atoms with Crippen molar-refractivity contribution in [2.75, 3.05) is 11.1 Å². The largest absolute Gasteiger partial charge is 0.444 e. The number of nitrogens with two attached hydrogens (primary N) is 1. The van der Waals surface area contributed by atoms with Crippen molar-refractivity contribution < 1.29 is 8.81 Å². The van der Waals surface area contributed by atoms with E-state index in [4.69, 9.17) is 10.2 Å². The van der Waals surface area contributed by atoms with Crippen LogP contribution >= 0.6 is 0 Å². The van der Waals surface area contributed by atoms with E-state index in [0.717, 1.165) is 5.76 Å². The van der Waals surface area contributed by atoms with E-state index in [1.807, 2.05) is 13.8 Å². The highest BCUT2D eigenvalue weighted by Crippen LogP contribution is 2.25. The molecule has 0 amide bonds. The van der Waals surface area contributed by atoms with E-state index in [9.17, 15) is 4.39 Å². The molecular weight excluding hydrogens is 221 g/mol. The molecule has 0 bridgehead atoms. The first-order chi connectivity index (χ1) is 8.08. The topological polar surface area (TPSA) is 64.1 Å². The number of rotatable bonds is 3. The molecule has 5 heteroatoms. The lowest BCUT2D eigenvalue weighted by Gasteiger charge is -2.14. The predicted molar refractivity (Wildman–Crippen MR) is 64.1 cm³/mol. The van der Waals surface area contributed by atoms with Crippen LogP contribution in [0.15, 0.2) is 28.8 Å². The van der Waals surface area contributed by atoms with Gasteiger partial charge in [0.15, 0.2) is 0 Å². The Kier molecular flexibility index (Phi) is 2.99. The van der Waals surface area contributed by atoms with Gasteiger partial charge in [0.2, 0.25) is 5.89 Å². The van der Waals surface area contributed by atoms with Gasteiger partial charge in [-0.1, -0.05) is 6.07 Å². The van der Waals surface area contributed by atoms with Crippen LogP contribution in [-0.4, -0.2) is 4.98 Å². The van der Waals surface area contributed by atoms with Crippen molar-refractivity contribution in [1.82, 2.24) is 4.98 Å². The minimum Gasteiger partial charge on any atom is -0.444 e. The molecule has 0 saturated heterocycles. The molecule has 0 aliphatic heterocycles. The molecule has 0 aliphatic carbocycles. The van der Waals surface area contributed by atoms with E-state index in [0.29, 0.717) is 11.6 Å². The molecule has 17 heavy (non-hydrogen) atoms. The molecule has 0 spiro atoms. The van der Waals surface area contributed by atoms with Crippen LogP contribution in [0, 0.1) is 12.7 Å². The van der Waals surface area contributed by atoms with Crippen LogP contribution in [0.5, 0.6) is 0 Å². The Morgan fingerprint density at radius 1 is 1.47 bits per heavy atom. The third-order valence-corrected chi connectivity index (χ3v) is 2.43. The van der Waals surface area contributed by atoms with Gasteiger partial charge >= 0.3 is 0 Å². The van der Waals surface area contributed by atoms with Crippen LogP contribution < -0.4 is 11.1 Å². The average molecular weight is 235 g/mol. The summed E-state index contributed by atoms with van der Waals surface area (Å²) in [6, 6.07) is 4.46. The number of benzene rings is 1. The molecule has 3 N–H and O–H groups in total.